The maximum absolute atomic E-state index is 5.32. The van der Waals surface area contributed by atoms with Crippen LogP contribution >= 0.6 is 45.3 Å². The fourth-order valence-corrected chi connectivity index (χ4v) is 18.5. The maximum Gasteiger partial charge on any atom is 0.160 e. The fraction of sp³-hybridized carbons (Fsp3) is 0. The van der Waals surface area contributed by atoms with Gasteiger partial charge in [-0.2, -0.15) is 0 Å². The van der Waals surface area contributed by atoms with Crippen LogP contribution < -0.4 is 0 Å². The van der Waals surface area contributed by atoms with Crippen LogP contribution in [0.2, 0.25) is 0 Å². The number of thiophene rings is 4. The van der Waals surface area contributed by atoms with Gasteiger partial charge in [0, 0.05) is 114 Å². The molecule has 6 aromatic heterocycles. The number of benzene rings is 14. The summed E-state index contributed by atoms with van der Waals surface area (Å²) in [5.41, 5.74) is 19.3. The lowest BCUT2D eigenvalue weighted by molar-refractivity contribution is 1.18. The Bertz CT molecular complexity index is 6210. The van der Waals surface area contributed by atoms with Crippen LogP contribution in [0.3, 0.4) is 0 Å². The van der Waals surface area contributed by atoms with Crippen LogP contribution in [-0.2, 0) is 0 Å². The number of fused-ring (bicyclic) bond motifs is 12. The molecule has 0 fully saturated rings. The van der Waals surface area contributed by atoms with Gasteiger partial charge in [-0.05, 0) is 129 Å². The average Bonchev–Trinajstić information content (AvgIpc) is 1.40. The zero-order valence-electron chi connectivity index (χ0n) is 53.8. The van der Waals surface area contributed by atoms with E-state index in [0.717, 1.165) is 89.8 Å². The molecule has 0 spiro atoms. The third kappa shape index (κ3) is 11.2. The van der Waals surface area contributed by atoms with Crippen LogP contribution in [0.4, 0.5) is 0 Å². The molecule has 468 valence electrons. The van der Waals surface area contributed by atoms with E-state index in [0.29, 0.717) is 5.82 Å². The van der Waals surface area contributed by atoms with Gasteiger partial charge in [-0.15, -0.1) is 45.3 Å². The molecule has 6 heterocycles. The molecule has 20 aromatic rings. The van der Waals surface area contributed by atoms with Gasteiger partial charge in [-0.25, -0.2) is 19.9 Å². The van der Waals surface area contributed by atoms with Crippen LogP contribution in [0.15, 0.2) is 340 Å². The lowest BCUT2D eigenvalue weighted by atomic mass is 9.95. The van der Waals surface area contributed by atoms with Crippen molar-refractivity contribution >= 4 is 126 Å². The predicted molar refractivity (Wildman–Crippen MR) is 430 cm³/mol. The number of nitrogens with zero attached hydrogens (tertiary/aromatic N) is 4. The first-order valence-corrected chi connectivity index (χ1v) is 36.7. The lowest BCUT2D eigenvalue weighted by Crippen LogP contribution is -1.97. The molecule has 0 N–H and O–H groups in total. The molecule has 0 aliphatic carbocycles. The molecule has 0 bridgehead atoms. The summed E-state index contributed by atoms with van der Waals surface area (Å²) in [7, 11) is 0. The second kappa shape index (κ2) is 25.2. The van der Waals surface area contributed by atoms with Gasteiger partial charge in [-0.3, -0.25) is 0 Å². The van der Waals surface area contributed by atoms with Gasteiger partial charge in [0.1, 0.15) is 0 Å². The van der Waals surface area contributed by atoms with Gasteiger partial charge < -0.3 is 0 Å². The summed E-state index contributed by atoms with van der Waals surface area (Å²) < 4.78 is 10.2. The Labute approximate surface area is 593 Å². The van der Waals surface area contributed by atoms with Crippen molar-refractivity contribution in [1.82, 2.24) is 19.9 Å². The van der Waals surface area contributed by atoms with E-state index < -0.39 is 0 Å². The van der Waals surface area contributed by atoms with Crippen LogP contribution in [0.25, 0.3) is 193 Å². The molecule has 0 aliphatic rings. The van der Waals surface area contributed by atoms with Crippen LogP contribution in [0, 0.1) is 0 Å². The average molecular weight is 1350 g/mol. The zero-order chi connectivity index (χ0) is 66.0. The van der Waals surface area contributed by atoms with E-state index in [1.807, 2.05) is 45.3 Å². The van der Waals surface area contributed by atoms with Crippen molar-refractivity contribution in [2.24, 2.45) is 0 Å². The molecule has 14 aromatic carbocycles. The summed E-state index contributed by atoms with van der Waals surface area (Å²) in [5, 5.41) is 10.3. The highest BCUT2D eigenvalue weighted by Gasteiger charge is 2.19. The Balaban J connectivity index is 0.000000139. The van der Waals surface area contributed by atoms with E-state index in [1.165, 1.54) is 97.4 Å². The predicted octanol–water partition coefficient (Wildman–Crippen LogP) is 27.1. The Kier molecular flexibility index (Phi) is 15.0. The molecule has 0 saturated heterocycles. The molecule has 20 rings (SSSR count). The molecule has 4 nitrogen and oxygen atoms in total. The molecule has 8 heteroatoms. The lowest BCUT2D eigenvalue weighted by Gasteiger charge is -2.13. The Morgan fingerprint density at radius 1 is 0.140 bits per heavy atom. The van der Waals surface area contributed by atoms with Crippen LogP contribution in [-0.4, -0.2) is 19.9 Å². The van der Waals surface area contributed by atoms with Gasteiger partial charge in [-0.1, -0.05) is 255 Å². The van der Waals surface area contributed by atoms with E-state index in [1.54, 1.807) is 0 Å². The third-order valence-corrected chi connectivity index (χ3v) is 23.5. The minimum absolute atomic E-state index is 0.709. The van der Waals surface area contributed by atoms with Gasteiger partial charge in [0.2, 0.25) is 0 Å². The van der Waals surface area contributed by atoms with E-state index in [4.69, 9.17) is 19.9 Å². The van der Waals surface area contributed by atoms with Crippen molar-refractivity contribution in [3.05, 3.63) is 340 Å². The number of aromatic nitrogens is 4. The maximum atomic E-state index is 5.32. The largest absolute Gasteiger partial charge is 0.228 e. The first-order chi connectivity index (χ1) is 49.5. The molecular formula is C92H56N4S4. The monoisotopic (exact) mass is 1340 g/mol. The minimum Gasteiger partial charge on any atom is -0.228 e. The third-order valence-electron chi connectivity index (χ3n) is 19.0. The summed E-state index contributed by atoms with van der Waals surface area (Å²) in [6.07, 6.45) is 0. The molecule has 0 atom stereocenters. The Hall–Kier alpha value is -11.9. The second-order valence-electron chi connectivity index (χ2n) is 25.2. The van der Waals surface area contributed by atoms with Crippen molar-refractivity contribution < 1.29 is 0 Å². The van der Waals surface area contributed by atoms with E-state index in [9.17, 15) is 0 Å². The highest BCUT2D eigenvalue weighted by molar-refractivity contribution is 7.27. The number of hydrogen-bond donors (Lipinski definition) is 0. The smallest absolute Gasteiger partial charge is 0.160 e. The summed E-state index contributed by atoms with van der Waals surface area (Å²) in [4.78, 5) is 21.1. The normalized spacial score (nSPS) is 11.6. The van der Waals surface area contributed by atoms with Crippen molar-refractivity contribution in [3.8, 4) is 112 Å². The second-order valence-corrected chi connectivity index (χ2v) is 29.6. The van der Waals surface area contributed by atoms with Crippen molar-refractivity contribution in [2.75, 3.05) is 0 Å². The van der Waals surface area contributed by atoms with Gasteiger partial charge in [0.15, 0.2) is 11.6 Å². The Morgan fingerprint density at radius 2 is 0.380 bits per heavy atom. The SMILES string of the molecule is c1ccc(-c2cc(-c3ccccc3)cc(-c3nc(-c4ccc5c(c4)sc4ccccc45)cc(-c4ccc5c(c4)sc4ccccc45)n3)c2)cc1.c1ccc(-c2cccc(-c3ccc(-c4nc(-c5ccc6c(c5)sc5ccccc56)cc(-c5ccc6c(c5)sc5ccccc56)n4)cc3)c2)cc1. The first-order valence-electron chi connectivity index (χ1n) is 33.4. The van der Waals surface area contributed by atoms with Gasteiger partial charge in [0.05, 0.1) is 22.8 Å². The van der Waals surface area contributed by atoms with E-state index >= 15 is 0 Å². The highest BCUT2D eigenvalue weighted by atomic mass is 32.1. The Morgan fingerprint density at radius 3 is 0.730 bits per heavy atom. The highest BCUT2D eigenvalue weighted by Crippen LogP contribution is 2.43. The topological polar surface area (TPSA) is 51.6 Å². The first kappa shape index (κ1) is 59.4. The molecule has 0 aliphatic heterocycles. The number of hydrogen-bond acceptors (Lipinski definition) is 8. The summed E-state index contributed by atoms with van der Waals surface area (Å²) in [5.74, 6) is 1.43. The van der Waals surface area contributed by atoms with Gasteiger partial charge >= 0.3 is 0 Å². The minimum atomic E-state index is 0.709. The number of rotatable bonds is 10. The standard InChI is InChI=1S/2C46H28N2S2/c1-3-11-29(12-4-1)33-23-34(30-13-5-2-6-14-30)25-35(24-33)46-47-40(31-19-21-38-36-15-7-9-17-42(36)49-44(38)26-31)28-41(48-46)32-20-22-39-37-16-8-10-18-43(37)50-45(39)27-32;1-2-9-29(10-3-1)32-11-8-12-33(25-32)30-17-19-31(20-18-30)46-47-40(34-21-23-38-36-13-4-6-15-42(36)49-44(38)26-34)28-41(48-46)35-22-24-39-37-14-5-7-16-43(37)50-45(39)27-35/h2*1-28H. The summed E-state index contributed by atoms with van der Waals surface area (Å²) in [6.45, 7) is 0. The molecule has 100 heavy (non-hydrogen) atoms. The van der Waals surface area contributed by atoms with E-state index in [2.05, 4.69) is 340 Å². The van der Waals surface area contributed by atoms with E-state index in [-0.39, 0.29) is 0 Å². The van der Waals surface area contributed by atoms with Crippen molar-refractivity contribution in [3.63, 3.8) is 0 Å². The molecule has 0 saturated carbocycles. The summed E-state index contributed by atoms with van der Waals surface area (Å²) >= 11 is 7.33. The summed E-state index contributed by atoms with van der Waals surface area (Å²) in [6, 6.07) is 122. The van der Waals surface area contributed by atoms with Crippen LogP contribution in [0.5, 0.6) is 0 Å². The quantitative estimate of drug-likeness (QED) is 0.137. The fourth-order valence-electron chi connectivity index (χ4n) is 14.0. The molecular weight excluding hydrogens is 1290 g/mol. The van der Waals surface area contributed by atoms with Crippen molar-refractivity contribution in [1.29, 1.82) is 0 Å². The molecule has 0 unspecified atom stereocenters. The molecule has 0 amide bonds. The molecule has 0 radical (unpaired) electrons. The zero-order valence-corrected chi connectivity index (χ0v) is 57.0. The van der Waals surface area contributed by atoms with Gasteiger partial charge in [0.25, 0.3) is 0 Å². The van der Waals surface area contributed by atoms with Crippen molar-refractivity contribution in [2.45, 2.75) is 0 Å². The van der Waals surface area contributed by atoms with Crippen LogP contribution in [0.1, 0.15) is 0 Å².